The van der Waals surface area contributed by atoms with Crippen molar-refractivity contribution in [2.45, 2.75) is 25.7 Å². The molecule has 2 unspecified atom stereocenters. The van der Waals surface area contributed by atoms with E-state index >= 15 is 0 Å². The van der Waals surface area contributed by atoms with Crippen LogP contribution in [0.5, 0.6) is 0 Å². The van der Waals surface area contributed by atoms with Crippen molar-refractivity contribution >= 4 is 5.91 Å². The lowest BCUT2D eigenvalue weighted by atomic mass is 9.79. The van der Waals surface area contributed by atoms with Gasteiger partial charge < -0.3 is 11.1 Å². The number of halogens is 1. The van der Waals surface area contributed by atoms with Crippen molar-refractivity contribution in [3.63, 3.8) is 0 Å². The molecule has 1 fully saturated rings. The summed E-state index contributed by atoms with van der Waals surface area (Å²) in [5.74, 6) is 0.527. The zero-order valence-electron chi connectivity index (χ0n) is 11.1. The number of nitrogens with one attached hydrogen (secondary N) is 1. The minimum absolute atomic E-state index is 0.138. The number of carbonyl (C=O) groups is 1. The highest BCUT2D eigenvalue weighted by Gasteiger charge is 2.24. The summed E-state index contributed by atoms with van der Waals surface area (Å²) >= 11 is 0. The lowest BCUT2D eigenvalue weighted by Crippen LogP contribution is -2.36. The average Bonchev–Trinajstić information content (AvgIpc) is 2.45. The van der Waals surface area contributed by atoms with Crippen LogP contribution in [-0.4, -0.2) is 19.0 Å². The Morgan fingerprint density at radius 1 is 1.21 bits per heavy atom. The first-order valence-electron chi connectivity index (χ1n) is 6.94. The van der Waals surface area contributed by atoms with Crippen molar-refractivity contribution in [2.24, 2.45) is 17.6 Å². The van der Waals surface area contributed by atoms with E-state index in [0.29, 0.717) is 30.5 Å². The van der Waals surface area contributed by atoms with Gasteiger partial charge in [0.1, 0.15) is 5.82 Å². The molecule has 1 aromatic carbocycles. The maximum atomic E-state index is 12.8. The van der Waals surface area contributed by atoms with E-state index in [0.717, 1.165) is 12.8 Å². The molecular weight excluding hydrogens is 243 g/mol. The van der Waals surface area contributed by atoms with Crippen molar-refractivity contribution in [1.82, 2.24) is 5.32 Å². The number of benzene rings is 1. The van der Waals surface area contributed by atoms with E-state index < -0.39 is 0 Å². The summed E-state index contributed by atoms with van der Waals surface area (Å²) in [5.41, 5.74) is 6.27. The van der Waals surface area contributed by atoms with Crippen molar-refractivity contribution in [2.75, 3.05) is 13.1 Å². The average molecular weight is 264 g/mol. The first-order valence-corrected chi connectivity index (χ1v) is 6.94. The summed E-state index contributed by atoms with van der Waals surface area (Å²) < 4.78 is 12.8. The zero-order chi connectivity index (χ0) is 13.7. The van der Waals surface area contributed by atoms with Gasteiger partial charge in [-0.25, -0.2) is 4.39 Å². The Kier molecular flexibility index (Phi) is 4.91. The van der Waals surface area contributed by atoms with Gasteiger partial charge in [0.2, 0.25) is 0 Å². The highest BCUT2D eigenvalue weighted by molar-refractivity contribution is 5.94. The number of hydrogen-bond acceptors (Lipinski definition) is 2. The monoisotopic (exact) mass is 264 g/mol. The van der Waals surface area contributed by atoms with Crippen molar-refractivity contribution in [3.05, 3.63) is 35.6 Å². The van der Waals surface area contributed by atoms with Crippen molar-refractivity contribution in [3.8, 4) is 0 Å². The number of rotatable bonds is 4. The topological polar surface area (TPSA) is 55.1 Å². The molecule has 0 saturated heterocycles. The highest BCUT2D eigenvalue weighted by Crippen LogP contribution is 2.28. The van der Waals surface area contributed by atoms with E-state index in [1.54, 1.807) is 0 Å². The lowest BCUT2D eigenvalue weighted by molar-refractivity contribution is 0.0935. The number of nitrogens with two attached hydrogens (primary N) is 1. The van der Waals surface area contributed by atoms with E-state index in [9.17, 15) is 9.18 Å². The molecule has 4 heteroatoms. The van der Waals surface area contributed by atoms with Gasteiger partial charge in [-0.2, -0.15) is 0 Å². The van der Waals surface area contributed by atoms with Gasteiger partial charge in [0.15, 0.2) is 0 Å². The van der Waals surface area contributed by atoms with Gasteiger partial charge in [0.05, 0.1) is 0 Å². The number of amides is 1. The second-order valence-corrected chi connectivity index (χ2v) is 5.26. The fraction of sp³-hybridized carbons (Fsp3) is 0.533. The minimum Gasteiger partial charge on any atom is -0.352 e. The summed E-state index contributed by atoms with van der Waals surface area (Å²) in [7, 11) is 0. The molecule has 1 aromatic rings. The van der Waals surface area contributed by atoms with Gasteiger partial charge in [0.25, 0.3) is 5.91 Å². The number of carbonyl (C=O) groups excluding carboxylic acids is 1. The Morgan fingerprint density at radius 2 is 1.84 bits per heavy atom. The summed E-state index contributed by atoms with van der Waals surface area (Å²) in [4.78, 5) is 11.9. The largest absolute Gasteiger partial charge is 0.352 e. The third-order valence-corrected chi connectivity index (χ3v) is 4.00. The van der Waals surface area contributed by atoms with Crippen LogP contribution in [0, 0.1) is 17.7 Å². The number of hydrogen-bond donors (Lipinski definition) is 2. The van der Waals surface area contributed by atoms with E-state index in [-0.39, 0.29) is 11.7 Å². The molecule has 1 saturated carbocycles. The van der Waals surface area contributed by atoms with E-state index in [1.807, 2.05) is 0 Å². The molecule has 0 aliphatic heterocycles. The van der Waals surface area contributed by atoms with E-state index in [2.05, 4.69) is 5.32 Å². The molecule has 0 radical (unpaired) electrons. The van der Waals surface area contributed by atoms with Crippen LogP contribution in [0.15, 0.2) is 24.3 Å². The summed E-state index contributed by atoms with van der Waals surface area (Å²) in [5, 5.41) is 2.94. The Labute approximate surface area is 113 Å². The fourth-order valence-electron chi connectivity index (χ4n) is 2.79. The lowest BCUT2D eigenvalue weighted by Gasteiger charge is -2.30. The Balaban J connectivity index is 1.87. The molecule has 1 aliphatic rings. The van der Waals surface area contributed by atoms with Crippen molar-refractivity contribution < 1.29 is 9.18 Å². The molecule has 2 atom stereocenters. The van der Waals surface area contributed by atoms with Crippen LogP contribution in [0.1, 0.15) is 36.0 Å². The standard InChI is InChI=1S/C15H21FN2O/c16-14-7-5-11(6-8-14)15(19)18-10-13-4-2-1-3-12(13)9-17/h5-8,12-13H,1-4,9-10,17H2,(H,18,19). The quantitative estimate of drug-likeness (QED) is 0.877. The van der Waals surface area contributed by atoms with Crippen LogP contribution < -0.4 is 11.1 Å². The predicted octanol–water partition coefficient (Wildman–Crippen LogP) is 2.32. The van der Waals surface area contributed by atoms with Crippen LogP contribution in [-0.2, 0) is 0 Å². The molecular formula is C15H21FN2O. The van der Waals surface area contributed by atoms with Gasteiger partial charge in [-0.3, -0.25) is 4.79 Å². The van der Waals surface area contributed by atoms with Gasteiger partial charge in [0, 0.05) is 12.1 Å². The maximum Gasteiger partial charge on any atom is 0.251 e. The summed E-state index contributed by atoms with van der Waals surface area (Å²) in [6.45, 7) is 1.36. The van der Waals surface area contributed by atoms with Crippen LogP contribution in [0.2, 0.25) is 0 Å². The smallest absolute Gasteiger partial charge is 0.251 e. The van der Waals surface area contributed by atoms with Gasteiger partial charge >= 0.3 is 0 Å². The predicted molar refractivity (Wildman–Crippen MR) is 73.2 cm³/mol. The second-order valence-electron chi connectivity index (χ2n) is 5.26. The Morgan fingerprint density at radius 3 is 2.47 bits per heavy atom. The van der Waals surface area contributed by atoms with E-state index in [4.69, 9.17) is 5.73 Å². The Bertz CT molecular complexity index is 419. The van der Waals surface area contributed by atoms with Crippen molar-refractivity contribution in [1.29, 1.82) is 0 Å². The molecule has 0 heterocycles. The maximum absolute atomic E-state index is 12.8. The van der Waals surface area contributed by atoms with Crippen LogP contribution in [0.3, 0.4) is 0 Å². The third kappa shape index (κ3) is 3.77. The van der Waals surface area contributed by atoms with Gasteiger partial charge in [-0.1, -0.05) is 12.8 Å². The van der Waals surface area contributed by atoms with Gasteiger partial charge in [-0.15, -0.1) is 0 Å². The molecule has 3 nitrogen and oxygen atoms in total. The van der Waals surface area contributed by atoms with Crippen LogP contribution in [0.25, 0.3) is 0 Å². The molecule has 3 N–H and O–H groups in total. The minimum atomic E-state index is -0.327. The van der Waals surface area contributed by atoms with Gasteiger partial charge in [-0.05, 0) is 55.5 Å². The second kappa shape index (κ2) is 6.66. The van der Waals surface area contributed by atoms with Crippen LogP contribution >= 0.6 is 0 Å². The van der Waals surface area contributed by atoms with E-state index in [1.165, 1.54) is 37.1 Å². The molecule has 0 aromatic heterocycles. The summed E-state index contributed by atoms with van der Waals surface area (Å²) in [6, 6.07) is 5.62. The first kappa shape index (κ1) is 14.0. The zero-order valence-corrected chi connectivity index (χ0v) is 11.1. The first-order chi connectivity index (χ1) is 9.20. The molecule has 104 valence electrons. The normalized spacial score (nSPS) is 23.1. The molecule has 0 spiro atoms. The Hall–Kier alpha value is -1.42. The third-order valence-electron chi connectivity index (χ3n) is 4.00. The molecule has 0 bridgehead atoms. The molecule has 2 rings (SSSR count). The molecule has 1 amide bonds. The van der Waals surface area contributed by atoms with Crippen LogP contribution in [0.4, 0.5) is 4.39 Å². The molecule has 1 aliphatic carbocycles. The fourth-order valence-corrected chi connectivity index (χ4v) is 2.79. The molecule has 19 heavy (non-hydrogen) atoms. The SMILES string of the molecule is NCC1CCCCC1CNC(=O)c1ccc(F)cc1. The summed E-state index contributed by atoms with van der Waals surface area (Å²) in [6.07, 6.45) is 4.75. The highest BCUT2D eigenvalue weighted by atomic mass is 19.1.